The lowest BCUT2D eigenvalue weighted by atomic mass is 10.1. The highest BCUT2D eigenvalue weighted by atomic mass is 35.5. The first-order chi connectivity index (χ1) is 11.0. The molecule has 116 valence electrons. The van der Waals surface area contributed by atoms with Crippen molar-refractivity contribution in [2.24, 2.45) is 0 Å². The number of benzene rings is 2. The summed E-state index contributed by atoms with van der Waals surface area (Å²) in [7, 11) is 0. The van der Waals surface area contributed by atoms with E-state index in [0.29, 0.717) is 10.9 Å². The van der Waals surface area contributed by atoms with Crippen LogP contribution in [0.5, 0.6) is 0 Å². The molecular weight excluding hydrogens is 337 g/mol. The zero-order valence-corrected chi connectivity index (χ0v) is 13.5. The van der Waals surface area contributed by atoms with E-state index in [1.807, 2.05) is 31.2 Å². The molecule has 0 fully saturated rings. The molecule has 23 heavy (non-hydrogen) atoms. The minimum Gasteiger partial charge on any atom is -0.403 e. The monoisotopic (exact) mass is 347 g/mol. The minimum absolute atomic E-state index is 0.00316. The summed E-state index contributed by atoms with van der Waals surface area (Å²) in [4.78, 5) is 12.2. The van der Waals surface area contributed by atoms with E-state index in [2.05, 4.69) is 15.5 Å². The van der Waals surface area contributed by atoms with E-state index in [4.69, 9.17) is 27.6 Å². The van der Waals surface area contributed by atoms with Gasteiger partial charge in [0.1, 0.15) is 0 Å². The number of amides is 1. The fourth-order valence-electron chi connectivity index (χ4n) is 1.92. The van der Waals surface area contributed by atoms with Gasteiger partial charge >= 0.3 is 6.01 Å². The van der Waals surface area contributed by atoms with Gasteiger partial charge in [-0.25, -0.2) is 0 Å². The highest BCUT2D eigenvalue weighted by molar-refractivity contribution is 6.37. The molecule has 0 aliphatic rings. The highest BCUT2D eigenvalue weighted by Gasteiger charge is 2.15. The van der Waals surface area contributed by atoms with Gasteiger partial charge < -0.3 is 4.42 Å². The molecule has 0 spiro atoms. The fourth-order valence-corrected chi connectivity index (χ4v) is 2.42. The molecule has 1 heterocycles. The van der Waals surface area contributed by atoms with Gasteiger partial charge in [0.15, 0.2) is 0 Å². The van der Waals surface area contributed by atoms with Crippen LogP contribution in [-0.2, 0) is 0 Å². The number of carbonyl (C=O) groups excluding carboxylic acids is 1. The predicted molar refractivity (Wildman–Crippen MR) is 88.9 cm³/mol. The van der Waals surface area contributed by atoms with Gasteiger partial charge in [-0.1, -0.05) is 46.0 Å². The van der Waals surface area contributed by atoms with Gasteiger partial charge in [-0.3, -0.25) is 10.1 Å². The van der Waals surface area contributed by atoms with E-state index in [1.165, 1.54) is 12.1 Å². The van der Waals surface area contributed by atoms with Crippen LogP contribution in [-0.4, -0.2) is 16.1 Å². The largest absolute Gasteiger partial charge is 0.403 e. The van der Waals surface area contributed by atoms with Gasteiger partial charge in [-0.05, 0) is 37.3 Å². The number of rotatable bonds is 3. The second-order valence-corrected chi connectivity index (χ2v) is 5.70. The van der Waals surface area contributed by atoms with Crippen molar-refractivity contribution in [3.8, 4) is 11.5 Å². The van der Waals surface area contributed by atoms with Crippen LogP contribution in [0.1, 0.15) is 15.9 Å². The molecule has 0 atom stereocenters. The van der Waals surface area contributed by atoms with Crippen molar-refractivity contribution in [1.82, 2.24) is 10.2 Å². The molecule has 1 amide bonds. The number of hydrogen-bond donors (Lipinski definition) is 1. The van der Waals surface area contributed by atoms with Crippen LogP contribution in [0.4, 0.5) is 6.01 Å². The van der Waals surface area contributed by atoms with Gasteiger partial charge in [-0.15, -0.1) is 5.10 Å². The number of carbonyl (C=O) groups is 1. The lowest BCUT2D eigenvalue weighted by Crippen LogP contribution is -2.12. The number of nitrogens with zero attached hydrogens (tertiary/aromatic N) is 2. The molecule has 5 nitrogen and oxygen atoms in total. The Bertz CT molecular complexity index is 860. The SMILES string of the molecule is Cc1ccc(-c2nnc(NC(=O)c3ccc(Cl)cc3Cl)o2)cc1. The fraction of sp³-hybridized carbons (Fsp3) is 0.0625. The van der Waals surface area contributed by atoms with Crippen molar-refractivity contribution in [3.05, 3.63) is 63.6 Å². The van der Waals surface area contributed by atoms with Crippen molar-refractivity contribution in [2.75, 3.05) is 5.32 Å². The van der Waals surface area contributed by atoms with E-state index < -0.39 is 5.91 Å². The minimum atomic E-state index is -0.453. The van der Waals surface area contributed by atoms with Gasteiger partial charge in [0.2, 0.25) is 5.89 Å². The van der Waals surface area contributed by atoms with E-state index in [1.54, 1.807) is 6.07 Å². The van der Waals surface area contributed by atoms with E-state index in [-0.39, 0.29) is 16.6 Å². The Kier molecular flexibility index (Phi) is 4.32. The molecular formula is C16H11Cl2N3O2. The van der Waals surface area contributed by atoms with Gasteiger partial charge in [0.25, 0.3) is 5.91 Å². The second kappa shape index (κ2) is 6.40. The maximum Gasteiger partial charge on any atom is 0.322 e. The van der Waals surface area contributed by atoms with Crippen molar-refractivity contribution >= 4 is 35.1 Å². The molecule has 2 aromatic carbocycles. The van der Waals surface area contributed by atoms with Gasteiger partial charge in [0, 0.05) is 10.6 Å². The lowest BCUT2D eigenvalue weighted by Gasteiger charge is -2.03. The molecule has 0 unspecified atom stereocenters. The Balaban J connectivity index is 1.78. The third-order valence-corrected chi connectivity index (χ3v) is 3.67. The second-order valence-electron chi connectivity index (χ2n) is 4.86. The first kappa shape index (κ1) is 15.5. The topological polar surface area (TPSA) is 68.0 Å². The van der Waals surface area contributed by atoms with E-state index >= 15 is 0 Å². The number of hydrogen-bond acceptors (Lipinski definition) is 4. The molecule has 0 aliphatic heterocycles. The highest BCUT2D eigenvalue weighted by Crippen LogP contribution is 2.23. The third-order valence-electron chi connectivity index (χ3n) is 3.12. The zero-order valence-electron chi connectivity index (χ0n) is 12.0. The molecule has 0 aliphatic carbocycles. The van der Waals surface area contributed by atoms with E-state index in [0.717, 1.165) is 11.1 Å². The van der Waals surface area contributed by atoms with Gasteiger partial charge in [-0.2, -0.15) is 0 Å². The summed E-state index contributed by atoms with van der Waals surface area (Å²) < 4.78 is 5.44. The first-order valence-corrected chi connectivity index (χ1v) is 7.45. The van der Waals surface area contributed by atoms with Crippen LogP contribution in [0.2, 0.25) is 10.0 Å². The average Bonchev–Trinajstić information content (AvgIpc) is 2.96. The molecule has 0 saturated heterocycles. The van der Waals surface area contributed by atoms with Crippen molar-refractivity contribution in [3.63, 3.8) is 0 Å². The maximum absolute atomic E-state index is 12.2. The summed E-state index contributed by atoms with van der Waals surface area (Å²) in [5.74, 6) is -0.131. The number of nitrogens with one attached hydrogen (secondary N) is 1. The third kappa shape index (κ3) is 3.52. The zero-order chi connectivity index (χ0) is 16.4. The molecule has 3 aromatic rings. The quantitative estimate of drug-likeness (QED) is 0.751. The Labute approximate surface area is 142 Å². The summed E-state index contributed by atoms with van der Waals surface area (Å²) in [5, 5.41) is 10.9. The number of aromatic nitrogens is 2. The number of anilines is 1. The molecule has 1 aromatic heterocycles. The molecule has 7 heteroatoms. The van der Waals surface area contributed by atoms with E-state index in [9.17, 15) is 4.79 Å². The van der Waals surface area contributed by atoms with Gasteiger partial charge in [0.05, 0.1) is 10.6 Å². The van der Waals surface area contributed by atoms with Crippen LogP contribution in [0.25, 0.3) is 11.5 Å². The van der Waals surface area contributed by atoms with Crippen LogP contribution >= 0.6 is 23.2 Å². The molecule has 1 N–H and O–H groups in total. The Morgan fingerprint density at radius 2 is 1.83 bits per heavy atom. The van der Waals surface area contributed by atoms with Crippen LogP contribution in [0, 0.1) is 6.92 Å². The Morgan fingerprint density at radius 1 is 1.09 bits per heavy atom. The van der Waals surface area contributed by atoms with Crippen molar-refractivity contribution in [2.45, 2.75) is 6.92 Å². The Morgan fingerprint density at radius 3 is 2.52 bits per heavy atom. The number of aryl methyl sites for hydroxylation is 1. The normalized spacial score (nSPS) is 10.6. The van der Waals surface area contributed by atoms with Crippen molar-refractivity contribution in [1.29, 1.82) is 0 Å². The smallest absolute Gasteiger partial charge is 0.322 e. The molecule has 3 rings (SSSR count). The number of halogens is 2. The molecule has 0 saturated carbocycles. The maximum atomic E-state index is 12.2. The summed E-state index contributed by atoms with van der Waals surface area (Å²) in [6.07, 6.45) is 0. The van der Waals surface area contributed by atoms with Crippen LogP contribution in [0.15, 0.2) is 46.9 Å². The molecule has 0 radical (unpaired) electrons. The summed E-state index contributed by atoms with van der Waals surface area (Å²) >= 11 is 11.8. The van der Waals surface area contributed by atoms with Crippen LogP contribution < -0.4 is 5.32 Å². The predicted octanol–water partition coefficient (Wildman–Crippen LogP) is 4.60. The summed E-state index contributed by atoms with van der Waals surface area (Å²) in [6.45, 7) is 1.99. The first-order valence-electron chi connectivity index (χ1n) is 6.70. The lowest BCUT2D eigenvalue weighted by molar-refractivity contribution is 0.102. The average molecular weight is 348 g/mol. The summed E-state index contributed by atoms with van der Waals surface area (Å²) in [5.41, 5.74) is 2.17. The van der Waals surface area contributed by atoms with Crippen molar-refractivity contribution < 1.29 is 9.21 Å². The summed E-state index contributed by atoms with van der Waals surface area (Å²) in [6, 6.07) is 12.2. The van der Waals surface area contributed by atoms with Crippen LogP contribution in [0.3, 0.4) is 0 Å². The standard InChI is InChI=1S/C16H11Cl2N3O2/c1-9-2-4-10(5-3-9)15-20-21-16(23-15)19-14(22)12-7-6-11(17)8-13(12)18/h2-8H,1H3,(H,19,21,22). The molecule has 0 bridgehead atoms. The Hall–Kier alpha value is -2.37.